The summed E-state index contributed by atoms with van der Waals surface area (Å²) in [6, 6.07) is 19.4. The summed E-state index contributed by atoms with van der Waals surface area (Å²) in [4.78, 5) is 17.0. The van der Waals surface area contributed by atoms with E-state index in [0.717, 1.165) is 5.56 Å². The van der Waals surface area contributed by atoms with E-state index >= 15 is 0 Å². The van der Waals surface area contributed by atoms with E-state index in [1.165, 1.54) is 0 Å². The first kappa shape index (κ1) is 22.6. The first-order valence-electron chi connectivity index (χ1n) is 10.3. The predicted octanol–water partition coefficient (Wildman–Crippen LogP) is 3.38. The van der Waals surface area contributed by atoms with Crippen LogP contribution in [0.4, 0.5) is 0 Å². The molecular weight excluding hydrogens is 402 g/mol. The molecule has 7 nitrogen and oxygen atoms in total. The number of carbonyl (C=O) groups is 1. The molecule has 0 spiro atoms. The molecule has 1 heterocycles. The Hall–Kier alpha value is -4.13. The minimum Gasteiger partial charge on any atom is -0.508 e. The number of benzene rings is 2. The van der Waals surface area contributed by atoms with Crippen LogP contribution < -0.4 is 16.4 Å². The highest BCUT2D eigenvalue weighted by Crippen LogP contribution is 2.27. The predicted molar refractivity (Wildman–Crippen MR) is 125 cm³/mol. The zero-order valence-corrected chi connectivity index (χ0v) is 17.9. The molecule has 1 atom stereocenters. The molecule has 0 fully saturated rings. The van der Waals surface area contributed by atoms with E-state index in [1.807, 2.05) is 30.3 Å². The summed E-state index contributed by atoms with van der Waals surface area (Å²) in [6.45, 7) is 2.28. The van der Waals surface area contributed by atoms with Crippen molar-refractivity contribution in [1.29, 1.82) is 5.41 Å². The fourth-order valence-electron chi connectivity index (χ4n) is 3.22. The molecule has 1 unspecified atom stereocenters. The van der Waals surface area contributed by atoms with Crippen molar-refractivity contribution in [3.05, 3.63) is 107 Å². The van der Waals surface area contributed by atoms with Gasteiger partial charge in [0, 0.05) is 47.9 Å². The van der Waals surface area contributed by atoms with Gasteiger partial charge in [-0.15, -0.1) is 0 Å². The highest BCUT2D eigenvalue weighted by atomic mass is 16.3. The Morgan fingerprint density at radius 1 is 1.09 bits per heavy atom. The average Bonchev–Trinajstić information content (AvgIpc) is 2.83. The number of hydrogen-bond donors (Lipinski definition) is 5. The molecule has 0 radical (unpaired) electrons. The van der Waals surface area contributed by atoms with Gasteiger partial charge in [0.1, 0.15) is 11.4 Å². The summed E-state index contributed by atoms with van der Waals surface area (Å²) in [6.07, 6.45) is 3.40. The van der Waals surface area contributed by atoms with Crippen LogP contribution >= 0.6 is 0 Å². The molecule has 1 aromatic heterocycles. The van der Waals surface area contributed by atoms with E-state index in [4.69, 9.17) is 11.1 Å². The molecule has 0 aliphatic rings. The molecule has 0 aliphatic heterocycles. The normalized spacial score (nSPS) is 12.4. The maximum absolute atomic E-state index is 12.9. The van der Waals surface area contributed by atoms with Gasteiger partial charge in [0.2, 0.25) is 0 Å². The smallest absolute Gasteiger partial charge is 0.269 e. The third-order valence-electron chi connectivity index (χ3n) is 5.08. The number of aromatic nitrogens is 1. The summed E-state index contributed by atoms with van der Waals surface area (Å²) in [7, 11) is 0. The molecule has 6 N–H and O–H groups in total. The Kier molecular flexibility index (Phi) is 7.59. The van der Waals surface area contributed by atoms with Crippen LogP contribution in [0, 0.1) is 5.41 Å². The van der Waals surface area contributed by atoms with Gasteiger partial charge in [0.05, 0.1) is 6.04 Å². The highest BCUT2D eigenvalue weighted by Gasteiger charge is 2.22. The summed E-state index contributed by atoms with van der Waals surface area (Å²) < 4.78 is 0. The molecule has 7 heteroatoms. The molecule has 0 bridgehead atoms. The zero-order chi connectivity index (χ0) is 22.9. The number of phenols is 1. The molecule has 2 aromatic carbocycles. The maximum Gasteiger partial charge on any atom is 0.269 e. The van der Waals surface area contributed by atoms with E-state index in [1.54, 1.807) is 55.7 Å². The number of phenolic OH excluding ortho intramolecular Hbond substituents is 1. The Morgan fingerprint density at radius 3 is 2.50 bits per heavy atom. The average molecular weight is 430 g/mol. The monoisotopic (exact) mass is 429 g/mol. The van der Waals surface area contributed by atoms with Gasteiger partial charge in [-0.05, 0) is 24.6 Å². The number of amides is 1. The number of aromatic hydroxyl groups is 1. The Morgan fingerprint density at radius 2 is 1.81 bits per heavy atom. The van der Waals surface area contributed by atoms with E-state index < -0.39 is 11.9 Å². The van der Waals surface area contributed by atoms with Crippen molar-refractivity contribution in [2.24, 2.45) is 5.73 Å². The van der Waals surface area contributed by atoms with Gasteiger partial charge in [-0.3, -0.25) is 9.78 Å². The fraction of sp³-hybridized carbons (Fsp3) is 0.160. The topological polar surface area (TPSA) is 124 Å². The van der Waals surface area contributed by atoms with Crippen LogP contribution in [-0.2, 0) is 11.3 Å². The van der Waals surface area contributed by atoms with Crippen LogP contribution in [0.25, 0.3) is 0 Å². The first-order valence-corrected chi connectivity index (χ1v) is 10.3. The van der Waals surface area contributed by atoms with Gasteiger partial charge in [-0.25, -0.2) is 0 Å². The lowest BCUT2D eigenvalue weighted by atomic mass is 9.97. The van der Waals surface area contributed by atoms with Crippen LogP contribution in [0.1, 0.15) is 36.1 Å². The number of pyridine rings is 1. The van der Waals surface area contributed by atoms with Crippen molar-refractivity contribution >= 4 is 11.6 Å². The van der Waals surface area contributed by atoms with Crippen LogP contribution in [0.3, 0.4) is 0 Å². The van der Waals surface area contributed by atoms with E-state index in [0.29, 0.717) is 23.4 Å². The molecule has 3 aromatic rings. The maximum atomic E-state index is 12.9. The number of rotatable bonds is 9. The van der Waals surface area contributed by atoms with Crippen molar-refractivity contribution in [3.63, 3.8) is 0 Å². The number of nitrogens with two attached hydrogens (primary N) is 1. The lowest BCUT2D eigenvalue weighted by molar-refractivity contribution is -0.118. The number of nitrogens with zero attached hydrogens (tertiary/aromatic N) is 1. The largest absolute Gasteiger partial charge is 0.508 e. The number of allylic oxidation sites excluding steroid dienone is 1. The number of carbonyl (C=O) groups excluding carboxylic acids is 1. The third-order valence-corrected chi connectivity index (χ3v) is 5.08. The summed E-state index contributed by atoms with van der Waals surface area (Å²) >= 11 is 0. The highest BCUT2D eigenvalue weighted by molar-refractivity contribution is 5.99. The Bertz CT molecular complexity index is 1100. The molecule has 0 saturated carbocycles. The van der Waals surface area contributed by atoms with E-state index in [-0.39, 0.29) is 23.6 Å². The molecule has 164 valence electrons. The second-order valence-corrected chi connectivity index (χ2v) is 7.39. The van der Waals surface area contributed by atoms with Gasteiger partial charge in [-0.2, -0.15) is 0 Å². The summed E-state index contributed by atoms with van der Waals surface area (Å²) in [5, 5.41) is 24.8. The minimum atomic E-state index is -0.642. The van der Waals surface area contributed by atoms with E-state index in [2.05, 4.69) is 15.6 Å². The molecular formula is C25H27N5O2. The van der Waals surface area contributed by atoms with Gasteiger partial charge < -0.3 is 26.9 Å². The van der Waals surface area contributed by atoms with Gasteiger partial charge in [0.25, 0.3) is 5.91 Å². The van der Waals surface area contributed by atoms with Crippen molar-refractivity contribution in [2.75, 3.05) is 0 Å². The van der Waals surface area contributed by atoms with Crippen molar-refractivity contribution in [1.82, 2.24) is 15.6 Å². The molecule has 32 heavy (non-hydrogen) atoms. The fourth-order valence-corrected chi connectivity index (χ4v) is 3.22. The SMILES string of the molecule is C/C(NCc1ccccc1)=C(/N)C(=O)NC(CC(=N)c1cccnc1)c1ccccc1O. The Balaban J connectivity index is 1.76. The van der Waals surface area contributed by atoms with Crippen LogP contribution in [0.15, 0.2) is 90.5 Å². The standard InChI is InChI=1S/C25H27N5O2/c1-17(29-15-18-8-3-2-4-9-18)24(27)25(32)30-22(20-11-5-6-12-23(20)31)14-21(26)19-10-7-13-28-16-19/h2-13,16,22,26,29,31H,14-15,27H2,1H3,(H,30,32)/b24-17-,26-21?. The summed E-state index contributed by atoms with van der Waals surface area (Å²) in [5.74, 6) is -0.437. The summed E-state index contributed by atoms with van der Waals surface area (Å²) in [5.41, 5.74) is 9.21. The zero-order valence-electron chi connectivity index (χ0n) is 17.9. The second kappa shape index (κ2) is 10.8. The lowest BCUT2D eigenvalue weighted by Gasteiger charge is -2.21. The lowest BCUT2D eigenvalue weighted by Crippen LogP contribution is -2.35. The van der Waals surface area contributed by atoms with Crippen LogP contribution in [0.5, 0.6) is 5.75 Å². The first-order chi connectivity index (χ1) is 15.5. The van der Waals surface area contributed by atoms with Crippen molar-refractivity contribution < 1.29 is 9.90 Å². The van der Waals surface area contributed by atoms with Crippen LogP contribution in [0.2, 0.25) is 0 Å². The third kappa shape index (κ3) is 5.95. The molecule has 3 rings (SSSR count). The van der Waals surface area contributed by atoms with Crippen molar-refractivity contribution in [2.45, 2.75) is 25.9 Å². The van der Waals surface area contributed by atoms with Gasteiger partial charge in [0.15, 0.2) is 0 Å². The molecule has 0 aliphatic carbocycles. The number of hydrogen-bond acceptors (Lipinski definition) is 6. The molecule has 1 amide bonds. The minimum absolute atomic E-state index is 0.0401. The quantitative estimate of drug-likeness (QED) is 0.263. The van der Waals surface area contributed by atoms with E-state index in [9.17, 15) is 9.90 Å². The van der Waals surface area contributed by atoms with Gasteiger partial charge in [-0.1, -0.05) is 54.6 Å². The van der Waals surface area contributed by atoms with Gasteiger partial charge >= 0.3 is 0 Å². The van der Waals surface area contributed by atoms with Crippen molar-refractivity contribution in [3.8, 4) is 5.75 Å². The molecule has 0 saturated heterocycles. The number of nitrogens with one attached hydrogen (secondary N) is 3. The van der Waals surface area contributed by atoms with Crippen LogP contribution in [-0.4, -0.2) is 21.7 Å². The Labute approximate surface area is 187 Å². The second-order valence-electron chi connectivity index (χ2n) is 7.39. The number of para-hydroxylation sites is 1.